The van der Waals surface area contributed by atoms with Crippen molar-refractivity contribution in [3.8, 4) is 0 Å². The Kier molecular flexibility index (Phi) is 4.61. The van der Waals surface area contributed by atoms with Crippen LogP contribution >= 0.6 is 0 Å². The van der Waals surface area contributed by atoms with Crippen LogP contribution in [0.5, 0.6) is 0 Å². The van der Waals surface area contributed by atoms with E-state index in [2.05, 4.69) is 4.58 Å². The van der Waals surface area contributed by atoms with Gasteiger partial charge in [-0.1, -0.05) is 6.42 Å². The van der Waals surface area contributed by atoms with Gasteiger partial charge in [-0.3, -0.25) is 0 Å². The van der Waals surface area contributed by atoms with Crippen LogP contribution in [0.1, 0.15) is 44.9 Å². The molecule has 0 aromatic carbocycles. The minimum absolute atomic E-state index is 1.01. The van der Waals surface area contributed by atoms with Crippen LogP contribution in [-0.4, -0.2) is 37.4 Å². The summed E-state index contributed by atoms with van der Waals surface area (Å²) in [6, 6.07) is 0. The molecule has 3 N–H and O–H groups in total. The molecule has 1 fully saturated rings. The van der Waals surface area contributed by atoms with Gasteiger partial charge in [0, 0.05) is 24.7 Å². The molecule has 3 aliphatic rings. The molecule has 0 radical (unpaired) electrons. The molecule has 106 valence electrons. The molecular weight excluding hydrogens is 258 g/mol. The third-order valence-electron chi connectivity index (χ3n) is 4.27. The van der Waals surface area contributed by atoms with Crippen molar-refractivity contribution in [3.63, 3.8) is 0 Å². The predicted octanol–water partition coefficient (Wildman–Crippen LogP) is -0.416. The average molecular weight is 281 g/mol. The third-order valence-corrected chi connectivity index (χ3v) is 4.27. The molecule has 2 unspecified atom stereocenters. The molecule has 2 atom stereocenters. The SMILES string of the molecule is C1CC2CCC[N+]3=C2C(C1)CCC3.[O-][Cl+](O)(O)O. The zero-order valence-electron chi connectivity index (χ0n) is 10.6. The van der Waals surface area contributed by atoms with Gasteiger partial charge in [-0.05, 0) is 25.7 Å². The Morgan fingerprint density at radius 3 is 1.72 bits per heavy atom. The van der Waals surface area contributed by atoms with Crippen molar-refractivity contribution in [2.75, 3.05) is 13.1 Å². The first-order valence-corrected chi connectivity index (χ1v) is 8.05. The summed E-state index contributed by atoms with van der Waals surface area (Å²) in [6.07, 6.45) is 10.4. The van der Waals surface area contributed by atoms with Gasteiger partial charge in [0.05, 0.1) is 0 Å². The first kappa shape index (κ1) is 14.2. The summed E-state index contributed by atoms with van der Waals surface area (Å²) in [6.45, 7) is 2.75. The molecule has 0 amide bonds. The van der Waals surface area contributed by atoms with Crippen LogP contribution in [0.25, 0.3) is 0 Å². The summed E-state index contributed by atoms with van der Waals surface area (Å²) in [5.74, 6) is 2.01. The summed E-state index contributed by atoms with van der Waals surface area (Å²) in [4.78, 5) is 0. The van der Waals surface area contributed by atoms with Crippen molar-refractivity contribution in [2.24, 2.45) is 11.8 Å². The van der Waals surface area contributed by atoms with E-state index in [1.807, 2.05) is 5.71 Å². The molecule has 1 aliphatic carbocycles. The molecular formula is C12H23ClNO4+. The molecule has 6 heteroatoms. The molecule has 0 spiro atoms. The van der Waals surface area contributed by atoms with Crippen molar-refractivity contribution in [1.82, 2.24) is 0 Å². The molecule has 0 aromatic rings. The first-order chi connectivity index (χ1) is 8.45. The van der Waals surface area contributed by atoms with Crippen molar-refractivity contribution < 1.29 is 33.5 Å². The average Bonchev–Trinajstić information content (AvgIpc) is 2.28. The number of rotatable bonds is 0. The van der Waals surface area contributed by atoms with Gasteiger partial charge in [0.25, 0.3) is 0 Å². The molecule has 5 nitrogen and oxygen atoms in total. The van der Waals surface area contributed by atoms with Crippen LogP contribution in [0.15, 0.2) is 0 Å². The summed E-state index contributed by atoms with van der Waals surface area (Å²) in [5, 5.41) is 0. The van der Waals surface area contributed by atoms with E-state index in [1.54, 1.807) is 0 Å². The Labute approximate surface area is 109 Å². The Hall–Kier alpha value is -0.200. The van der Waals surface area contributed by atoms with Crippen LogP contribution < -0.4 is 4.66 Å². The van der Waals surface area contributed by atoms with Gasteiger partial charge in [-0.2, -0.15) is 0 Å². The van der Waals surface area contributed by atoms with Gasteiger partial charge in [0.1, 0.15) is 13.1 Å². The van der Waals surface area contributed by atoms with E-state index in [-0.39, 0.29) is 0 Å². The number of hydrogen-bond acceptors (Lipinski definition) is 4. The fourth-order valence-electron chi connectivity index (χ4n) is 3.77. The number of nitrogens with zero attached hydrogens (tertiary/aromatic N) is 1. The normalized spacial score (nSPS) is 32.2. The maximum absolute atomic E-state index is 8.83. The first-order valence-electron chi connectivity index (χ1n) is 6.73. The summed E-state index contributed by atoms with van der Waals surface area (Å²) in [5.41, 5.74) is 1.89. The van der Waals surface area contributed by atoms with Crippen LogP contribution in [-0.2, 0) is 0 Å². The predicted molar refractivity (Wildman–Crippen MR) is 61.0 cm³/mol. The van der Waals surface area contributed by atoms with Crippen LogP contribution in [0.2, 0.25) is 0 Å². The molecule has 0 saturated heterocycles. The second-order valence-corrected chi connectivity index (χ2v) is 6.32. The second kappa shape index (κ2) is 5.84. The van der Waals surface area contributed by atoms with Gasteiger partial charge in [0.15, 0.2) is 5.71 Å². The minimum atomic E-state index is -4.19. The molecule has 2 heterocycles. The van der Waals surface area contributed by atoms with Crippen LogP contribution in [0.4, 0.5) is 0 Å². The molecule has 0 bridgehead atoms. The van der Waals surface area contributed by atoms with E-state index < -0.39 is 10.2 Å². The summed E-state index contributed by atoms with van der Waals surface area (Å²) < 4.78 is 33.0. The van der Waals surface area contributed by atoms with E-state index in [9.17, 15) is 0 Å². The molecule has 0 aromatic heterocycles. The molecule has 1 saturated carbocycles. The number of halogens is 1. The number of hydrogen-bond donors (Lipinski definition) is 3. The maximum atomic E-state index is 8.83. The van der Waals surface area contributed by atoms with Gasteiger partial charge in [-0.25, -0.2) is 4.58 Å². The van der Waals surface area contributed by atoms with Crippen molar-refractivity contribution in [2.45, 2.75) is 44.9 Å². The quantitative estimate of drug-likeness (QED) is 0.526. The Morgan fingerprint density at radius 1 is 0.889 bits per heavy atom. The fraction of sp³-hybridized carbons (Fsp3) is 0.917. The molecule has 18 heavy (non-hydrogen) atoms. The summed E-state index contributed by atoms with van der Waals surface area (Å²) in [7, 11) is -4.19. The van der Waals surface area contributed by atoms with Crippen LogP contribution in [0.3, 0.4) is 0 Å². The van der Waals surface area contributed by atoms with Gasteiger partial charge in [-0.15, -0.1) is 0 Å². The van der Waals surface area contributed by atoms with E-state index in [1.165, 1.54) is 58.0 Å². The van der Waals surface area contributed by atoms with E-state index in [0.29, 0.717) is 0 Å². The third kappa shape index (κ3) is 3.90. The molecule has 3 rings (SSSR count). The van der Waals surface area contributed by atoms with Gasteiger partial charge >= 0.3 is 28.9 Å². The fourth-order valence-corrected chi connectivity index (χ4v) is 3.77. The summed E-state index contributed by atoms with van der Waals surface area (Å²) >= 11 is 0. The van der Waals surface area contributed by atoms with E-state index in [0.717, 1.165) is 11.8 Å². The van der Waals surface area contributed by atoms with E-state index in [4.69, 9.17) is 18.6 Å². The Balaban J connectivity index is 0.000000209. The van der Waals surface area contributed by atoms with Gasteiger partial charge < -0.3 is 0 Å². The standard InChI is InChI=1S/C12H20N.ClH3O4/c1-4-10-6-2-8-13-9-3-7-11(5-1)12(10)13;2-1(3,4)5/h10-11H,1-9H2;2-4H/q+1;. The molecule has 2 aliphatic heterocycles. The van der Waals surface area contributed by atoms with Crippen molar-refractivity contribution in [3.05, 3.63) is 0 Å². The Bertz CT molecular complexity index is 299. The second-order valence-electron chi connectivity index (χ2n) is 5.45. The Morgan fingerprint density at radius 2 is 1.28 bits per heavy atom. The zero-order chi connectivity index (χ0) is 13.2. The van der Waals surface area contributed by atoms with Crippen molar-refractivity contribution >= 4 is 5.71 Å². The van der Waals surface area contributed by atoms with E-state index >= 15 is 0 Å². The topological polar surface area (TPSA) is 86.8 Å². The van der Waals surface area contributed by atoms with Crippen molar-refractivity contribution in [1.29, 1.82) is 0 Å². The van der Waals surface area contributed by atoms with Crippen LogP contribution in [0, 0.1) is 22.1 Å². The van der Waals surface area contributed by atoms with Gasteiger partial charge in [0.2, 0.25) is 0 Å². The monoisotopic (exact) mass is 280 g/mol. The zero-order valence-corrected chi connectivity index (χ0v) is 11.3.